The number of nitrogens with zero attached hydrogens (tertiary/aromatic N) is 1. The van der Waals surface area contributed by atoms with Crippen molar-refractivity contribution in [2.75, 3.05) is 0 Å². The largest absolute Gasteiger partial charge is 0.385 e. The van der Waals surface area contributed by atoms with E-state index in [4.69, 9.17) is 0 Å². The maximum Gasteiger partial charge on any atom is 0.228 e. The first-order valence-electron chi connectivity index (χ1n) is 8.02. The highest BCUT2D eigenvalue weighted by Crippen LogP contribution is 2.46. The number of amides is 1. The second-order valence-corrected chi connectivity index (χ2v) is 7.80. The Labute approximate surface area is 131 Å². The highest BCUT2D eigenvalue weighted by Gasteiger charge is 2.51. The zero-order valence-corrected chi connectivity index (χ0v) is 13.5. The third kappa shape index (κ3) is 2.54. The average Bonchev–Trinajstić information content (AvgIpc) is 2.69. The van der Waals surface area contributed by atoms with Crippen LogP contribution in [0.15, 0.2) is 24.3 Å². The molecule has 2 atom stereocenters. The summed E-state index contributed by atoms with van der Waals surface area (Å²) >= 11 is 0. The van der Waals surface area contributed by atoms with Gasteiger partial charge in [-0.2, -0.15) is 0 Å². The number of hydrogen-bond acceptors (Lipinski definition) is 2. The first-order valence-corrected chi connectivity index (χ1v) is 8.02. The number of carbonyl (C=O) groups excluding carboxylic acids is 1. The van der Waals surface area contributed by atoms with E-state index in [1.165, 1.54) is 12.1 Å². The number of rotatable bonds is 1. The number of halogens is 1. The molecular formula is C18H24FNO2. The zero-order valence-electron chi connectivity index (χ0n) is 13.5. The molecule has 120 valence electrons. The van der Waals surface area contributed by atoms with E-state index in [-0.39, 0.29) is 23.8 Å². The van der Waals surface area contributed by atoms with Gasteiger partial charge in [-0.1, -0.05) is 32.9 Å². The molecule has 2 aliphatic heterocycles. The van der Waals surface area contributed by atoms with Crippen LogP contribution in [0.5, 0.6) is 0 Å². The van der Waals surface area contributed by atoms with E-state index in [2.05, 4.69) is 0 Å². The van der Waals surface area contributed by atoms with Gasteiger partial charge in [0, 0.05) is 30.3 Å². The van der Waals surface area contributed by atoms with E-state index in [1.54, 1.807) is 12.1 Å². The number of benzene rings is 1. The molecular weight excluding hydrogens is 281 g/mol. The number of piperidine rings is 1. The fourth-order valence-electron chi connectivity index (χ4n) is 3.96. The highest BCUT2D eigenvalue weighted by molar-refractivity contribution is 5.82. The summed E-state index contributed by atoms with van der Waals surface area (Å²) in [6, 6.07) is 6.33. The van der Waals surface area contributed by atoms with Crippen LogP contribution in [0.4, 0.5) is 4.39 Å². The maximum atomic E-state index is 13.5. The summed E-state index contributed by atoms with van der Waals surface area (Å²) < 4.78 is 13.5. The molecule has 2 bridgehead atoms. The summed E-state index contributed by atoms with van der Waals surface area (Å²) in [6.45, 7) is 5.80. The molecule has 2 fully saturated rings. The van der Waals surface area contributed by atoms with Crippen LogP contribution >= 0.6 is 0 Å². The van der Waals surface area contributed by atoms with Crippen molar-refractivity contribution in [2.24, 2.45) is 5.41 Å². The van der Waals surface area contributed by atoms with Crippen molar-refractivity contribution in [2.45, 2.75) is 64.1 Å². The van der Waals surface area contributed by atoms with E-state index >= 15 is 0 Å². The molecule has 22 heavy (non-hydrogen) atoms. The Morgan fingerprint density at radius 3 is 2.36 bits per heavy atom. The van der Waals surface area contributed by atoms with Crippen molar-refractivity contribution >= 4 is 5.91 Å². The summed E-state index contributed by atoms with van der Waals surface area (Å²) in [5.74, 6) is -0.173. The smallest absolute Gasteiger partial charge is 0.228 e. The van der Waals surface area contributed by atoms with Crippen molar-refractivity contribution in [3.63, 3.8) is 0 Å². The van der Waals surface area contributed by atoms with Gasteiger partial charge < -0.3 is 10.0 Å². The molecule has 1 N–H and O–H groups in total. The van der Waals surface area contributed by atoms with Gasteiger partial charge in [0.2, 0.25) is 5.91 Å². The van der Waals surface area contributed by atoms with Gasteiger partial charge in [-0.25, -0.2) is 4.39 Å². The third-order valence-electron chi connectivity index (χ3n) is 5.00. The molecule has 0 aliphatic carbocycles. The summed E-state index contributed by atoms with van der Waals surface area (Å²) in [7, 11) is 0. The van der Waals surface area contributed by atoms with E-state index < -0.39 is 11.0 Å². The van der Waals surface area contributed by atoms with Gasteiger partial charge in [-0.05, 0) is 30.5 Å². The molecule has 2 saturated heterocycles. The van der Waals surface area contributed by atoms with Gasteiger partial charge >= 0.3 is 0 Å². The normalized spacial score (nSPS) is 31.4. The minimum Gasteiger partial charge on any atom is -0.385 e. The molecule has 0 spiro atoms. The van der Waals surface area contributed by atoms with Crippen LogP contribution in [0.25, 0.3) is 0 Å². The number of hydrogen-bond donors (Lipinski definition) is 1. The Kier molecular flexibility index (Phi) is 3.55. The summed E-state index contributed by atoms with van der Waals surface area (Å²) in [6.07, 6.45) is 2.83. The second-order valence-electron chi connectivity index (χ2n) is 7.80. The minimum absolute atomic E-state index is 0.0544. The number of carbonyl (C=O) groups is 1. The average molecular weight is 305 g/mol. The predicted molar refractivity (Wildman–Crippen MR) is 82.6 cm³/mol. The predicted octanol–water partition coefficient (Wildman–Crippen LogP) is 3.21. The first-order chi connectivity index (χ1) is 10.2. The molecule has 0 radical (unpaired) electrons. The van der Waals surface area contributed by atoms with Crippen molar-refractivity contribution < 1.29 is 14.3 Å². The molecule has 2 heterocycles. The van der Waals surface area contributed by atoms with Gasteiger partial charge in [0.1, 0.15) is 5.82 Å². The van der Waals surface area contributed by atoms with Crippen LogP contribution in [0.2, 0.25) is 0 Å². The number of aliphatic hydroxyl groups is 1. The lowest BCUT2D eigenvalue weighted by molar-refractivity contribution is -0.150. The summed E-state index contributed by atoms with van der Waals surface area (Å²) in [5, 5.41) is 11.0. The third-order valence-corrected chi connectivity index (χ3v) is 5.00. The van der Waals surface area contributed by atoms with Crippen LogP contribution < -0.4 is 0 Å². The Hall–Kier alpha value is -1.42. The van der Waals surface area contributed by atoms with Crippen LogP contribution in [0.3, 0.4) is 0 Å². The van der Waals surface area contributed by atoms with E-state index in [1.807, 2.05) is 25.7 Å². The monoisotopic (exact) mass is 305 g/mol. The fourth-order valence-corrected chi connectivity index (χ4v) is 3.96. The number of fused-ring (bicyclic) bond motifs is 2. The van der Waals surface area contributed by atoms with Gasteiger partial charge in [0.15, 0.2) is 0 Å². The molecule has 1 amide bonds. The minimum atomic E-state index is -1.03. The SMILES string of the molecule is CC(C)(C)C(=O)N1C2CCC1CC(O)(c1cccc(F)c1)C2. The van der Waals surface area contributed by atoms with Gasteiger partial charge in [-0.15, -0.1) is 0 Å². The topological polar surface area (TPSA) is 40.5 Å². The lowest BCUT2D eigenvalue weighted by Gasteiger charge is -2.46. The molecule has 2 unspecified atom stereocenters. The summed E-state index contributed by atoms with van der Waals surface area (Å²) in [4.78, 5) is 14.6. The van der Waals surface area contributed by atoms with Crippen molar-refractivity contribution in [3.8, 4) is 0 Å². The molecule has 1 aromatic carbocycles. The van der Waals surface area contributed by atoms with Crippen molar-refractivity contribution in [1.29, 1.82) is 0 Å². The quantitative estimate of drug-likeness (QED) is 0.865. The standard InChI is InChI=1S/C18H24FNO2/c1-17(2,3)16(21)20-14-7-8-15(20)11-18(22,10-14)12-5-4-6-13(19)9-12/h4-6,9,14-15,22H,7-8,10-11H2,1-3H3. The van der Waals surface area contributed by atoms with Crippen LogP contribution in [-0.2, 0) is 10.4 Å². The van der Waals surface area contributed by atoms with Crippen molar-refractivity contribution in [1.82, 2.24) is 4.90 Å². The lowest BCUT2D eigenvalue weighted by atomic mass is 9.79. The Morgan fingerprint density at radius 2 is 1.86 bits per heavy atom. The van der Waals surface area contributed by atoms with E-state index in [0.29, 0.717) is 18.4 Å². The Bertz CT molecular complexity index is 579. The van der Waals surface area contributed by atoms with Crippen LogP contribution in [0.1, 0.15) is 52.0 Å². The van der Waals surface area contributed by atoms with Crippen molar-refractivity contribution in [3.05, 3.63) is 35.6 Å². The molecule has 0 saturated carbocycles. The van der Waals surface area contributed by atoms with Crippen LogP contribution in [-0.4, -0.2) is 28.0 Å². The zero-order chi connectivity index (χ0) is 16.1. The van der Waals surface area contributed by atoms with Crippen LogP contribution in [0, 0.1) is 11.2 Å². The Morgan fingerprint density at radius 1 is 1.27 bits per heavy atom. The summed E-state index contributed by atoms with van der Waals surface area (Å²) in [5.41, 5.74) is -0.801. The molecule has 3 nitrogen and oxygen atoms in total. The molecule has 3 rings (SSSR count). The molecule has 1 aromatic rings. The van der Waals surface area contributed by atoms with Gasteiger partial charge in [0.05, 0.1) is 5.60 Å². The van der Waals surface area contributed by atoms with Gasteiger partial charge in [0.25, 0.3) is 0 Å². The first kappa shape index (κ1) is 15.5. The van der Waals surface area contributed by atoms with E-state index in [9.17, 15) is 14.3 Å². The lowest BCUT2D eigenvalue weighted by Crippen LogP contribution is -2.54. The fraction of sp³-hybridized carbons (Fsp3) is 0.611. The maximum absolute atomic E-state index is 13.5. The Balaban J connectivity index is 1.87. The molecule has 4 heteroatoms. The second kappa shape index (κ2) is 5.05. The molecule has 2 aliphatic rings. The highest BCUT2D eigenvalue weighted by atomic mass is 19.1. The molecule has 0 aromatic heterocycles. The van der Waals surface area contributed by atoms with E-state index in [0.717, 1.165) is 12.8 Å². The van der Waals surface area contributed by atoms with Gasteiger partial charge in [-0.3, -0.25) is 4.79 Å².